The van der Waals surface area contributed by atoms with Crippen molar-refractivity contribution >= 4 is 5.78 Å². The molecule has 18 heavy (non-hydrogen) atoms. The van der Waals surface area contributed by atoms with Crippen LogP contribution < -0.4 is 0 Å². The summed E-state index contributed by atoms with van der Waals surface area (Å²) in [4.78, 5) is 13.5. The summed E-state index contributed by atoms with van der Waals surface area (Å²) in [6, 6.07) is 8.75. The summed E-state index contributed by atoms with van der Waals surface area (Å²) in [5.74, 6) is 1.05. The smallest absolute Gasteiger partial charge is 0.129 e. The first-order valence-electron chi connectivity index (χ1n) is 6.91. The third-order valence-corrected chi connectivity index (χ3v) is 3.76. The van der Waals surface area contributed by atoms with Crippen molar-refractivity contribution in [2.75, 3.05) is 13.1 Å². The normalized spacial score (nSPS) is 20.2. The van der Waals surface area contributed by atoms with Crippen molar-refractivity contribution < 1.29 is 4.79 Å². The number of Topliss-reactive ketones (excluding diaryl/α,β-unsaturated/α-hetero) is 1. The van der Waals surface area contributed by atoms with Crippen LogP contribution in [0.15, 0.2) is 24.3 Å². The Hall–Kier alpha value is -1.15. The quantitative estimate of drug-likeness (QED) is 0.794. The van der Waals surface area contributed by atoms with E-state index in [-0.39, 0.29) is 0 Å². The minimum atomic E-state index is 0.326. The van der Waals surface area contributed by atoms with Crippen LogP contribution in [-0.2, 0) is 11.3 Å². The van der Waals surface area contributed by atoms with Crippen LogP contribution in [0, 0.1) is 12.8 Å². The Morgan fingerprint density at radius 2 is 2.28 bits per heavy atom. The molecular weight excluding hydrogens is 222 g/mol. The molecule has 1 atom stereocenters. The third-order valence-electron chi connectivity index (χ3n) is 3.76. The summed E-state index contributed by atoms with van der Waals surface area (Å²) in [5.41, 5.74) is 2.74. The molecule has 98 valence electrons. The van der Waals surface area contributed by atoms with E-state index < -0.39 is 0 Å². The van der Waals surface area contributed by atoms with Gasteiger partial charge in [0.05, 0.1) is 0 Å². The molecular formula is C16H23NO. The van der Waals surface area contributed by atoms with Gasteiger partial charge in [-0.15, -0.1) is 0 Å². The lowest BCUT2D eigenvalue weighted by molar-refractivity contribution is -0.117. The average Bonchev–Trinajstić information content (AvgIpc) is 2.74. The van der Waals surface area contributed by atoms with E-state index in [1.54, 1.807) is 6.92 Å². The lowest BCUT2D eigenvalue weighted by Crippen LogP contribution is -2.20. The van der Waals surface area contributed by atoms with Crippen molar-refractivity contribution in [3.05, 3.63) is 35.4 Å². The number of ketones is 1. The molecule has 0 spiro atoms. The lowest BCUT2D eigenvalue weighted by Gasteiger charge is -2.16. The van der Waals surface area contributed by atoms with Gasteiger partial charge >= 0.3 is 0 Å². The molecule has 0 saturated carbocycles. The Morgan fingerprint density at radius 3 is 3.00 bits per heavy atom. The second kappa shape index (κ2) is 6.14. The number of likely N-dealkylation sites (tertiary alicyclic amines) is 1. The predicted molar refractivity (Wildman–Crippen MR) is 74.5 cm³/mol. The van der Waals surface area contributed by atoms with Crippen LogP contribution in [0.5, 0.6) is 0 Å². The highest BCUT2D eigenvalue weighted by Gasteiger charge is 2.22. The van der Waals surface area contributed by atoms with Gasteiger partial charge in [-0.05, 0) is 44.7 Å². The summed E-state index contributed by atoms with van der Waals surface area (Å²) in [7, 11) is 0. The number of rotatable bonds is 5. The molecule has 1 aromatic rings. The molecule has 2 rings (SSSR count). The first-order valence-corrected chi connectivity index (χ1v) is 6.91. The zero-order valence-corrected chi connectivity index (χ0v) is 11.5. The first kappa shape index (κ1) is 13.3. The van der Waals surface area contributed by atoms with Crippen molar-refractivity contribution in [2.24, 2.45) is 5.92 Å². The molecule has 1 unspecified atom stereocenters. The van der Waals surface area contributed by atoms with Gasteiger partial charge < -0.3 is 4.79 Å². The Bertz CT molecular complexity index is 413. The van der Waals surface area contributed by atoms with Crippen LogP contribution in [-0.4, -0.2) is 23.8 Å². The standard InChI is InChI=1S/C16H23NO/c1-13-4-3-5-16(10-13)12-17-9-8-15(11-17)7-6-14(2)18/h3-5,10,15H,6-9,11-12H2,1-2H3. The van der Waals surface area contributed by atoms with Crippen molar-refractivity contribution in [1.82, 2.24) is 4.90 Å². The second-order valence-electron chi connectivity index (χ2n) is 5.62. The number of carbonyl (C=O) groups is 1. The minimum absolute atomic E-state index is 0.326. The van der Waals surface area contributed by atoms with E-state index in [9.17, 15) is 4.79 Å². The molecule has 0 radical (unpaired) electrons. The largest absolute Gasteiger partial charge is 0.300 e. The van der Waals surface area contributed by atoms with Gasteiger partial charge in [-0.25, -0.2) is 0 Å². The summed E-state index contributed by atoms with van der Waals surface area (Å²) >= 11 is 0. The van der Waals surface area contributed by atoms with Gasteiger partial charge in [0.1, 0.15) is 5.78 Å². The number of hydrogen-bond acceptors (Lipinski definition) is 2. The average molecular weight is 245 g/mol. The lowest BCUT2D eigenvalue weighted by atomic mass is 10.0. The maximum absolute atomic E-state index is 11.0. The summed E-state index contributed by atoms with van der Waals surface area (Å²) in [6.45, 7) is 7.22. The number of carbonyl (C=O) groups excluding carboxylic acids is 1. The molecule has 1 aliphatic rings. The Kier molecular flexibility index (Phi) is 4.54. The SMILES string of the molecule is CC(=O)CCC1CCN(Cc2cccc(C)c2)C1. The van der Waals surface area contributed by atoms with Gasteiger partial charge in [-0.3, -0.25) is 4.90 Å². The molecule has 0 aromatic heterocycles. The van der Waals surface area contributed by atoms with Crippen LogP contribution in [0.25, 0.3) is 0 Å². The molecule has 0 bridgehead atoms. The van der Waals surface area contributed by atoms with E-state index in [0.29, 0.717) is 5.78 Å². The van der Waals surface area contributed by atoms with Crippen LogP contribution in [0.3, 0.4) is 0 Å². The van der Waals surface area contributed by atoms with Gasteiger partial charge in [0.25, 0.3) is 0 Å². The fourth-order valence-electron chi connectivity index (χ4n) is 2.77. The molecule has 0 N–H and O–H groups in total. The highest BCUT2D eigenvalue weighted by molar-refractivity contribution is 5.75. The van der Waals surface area contributed by atoms with E-state index in [1.165, 1.54) is 24.1 Å². The van der Waals surface area contributed by atoms with Crippen molar-refractivity contribution in [2.45, 2.75) is 39.7 Å². The molecule has 1 saturated heterocycles. The topological polar surface area (TPSA) is 20.3 Å². The number of benzene rings is 1. The Labute approximate surface area is 110 Å². The molecule has 2 nitrogen and oxygen atoms in total. The summed E-state index contributed by atoms with van der Waals surface area (Å²) in [6.07, 6.45) is 3.07. The van der Waals surface area contributed by atoms with E-state index in [0.717, 1.165) is 31.8 Å². The molecule has 2 heteroatoms. The molecule has 1 aliphatic heterocycles. The highest BCUT2D eigenvalue weighted by atomic mass is 16.1. The Balaban J connectivity index is 1.80. The summed E-state index contributed by atoms with van der Waals surface area (Å²) < 4.78 is 0. The van der Waals surface area contributed by atoms with Gasteiger partial charge in [-0.1, -0.05) is 29.8 Å². The molecule has 0 amide bonds. The van der Waals surface area contributed by atoms with Gasteiger partial charge in [0.15, 0.2) is 0 Å². The van der Waals surface area contributed by atoms with Crippen molar-refractivity contribution in [3.63, 3.8) is 0 Å². The van der Waals surface area contributed by atoms with E-state index in [4.69, 9.17) is 0 Å². The van der Waals surface area contributed by atoms with E-state index in [1.807, 2.05) is 0 Å². The Morgan fingerprint density at radius 1 is 1.44 bits per heavy atom. The molecule has 1 heterocycles. The molecule has 0 aliphatic carbocycles. The van der Waals surface area contributed by atoms with E-state index >= 15 is 0 Å². The van der Waals surface area contributed by atoms with Gasteiger partial charge in [-0.2, -0.15) is 0 Å². The molecule has 1 aromatic carbocycles. The molecule has 1 fully saturated rings. The monoisotopic (exact) mass is 245 g/mol. The number of hydrogen-bond donors (Lipinski definition) is 0. The van der Waals surface area contributed by atoms with Crippen molar-refractivity contribution in [3.8, 4) is 0 Å². The number of aryl methyl sites for hydroxylation is 1. The third kappa shape index (κ3) is 3.95. The first-order chi connectivity index (χ1) is 8.63. The zero-order valence-electron chi connectivity index (χ0n) is 11.5. The minimum Gasteiger partial charge on any atom is -0.300 e. The highest BCUT2D eigenvalue weighted by Crippen LogP contribution is 2.22. The van der Waals surface area contributed by atoms with Crippen LogP contribution in [0.4, 0.5) is 0 Å². The van der Waals surface area contributed by atoms with Crippen molar-refractivity contribution in [1.29, 1.82) is 0 Å². The fourth-order valence-corrected chi connectivity index (χ4v) is 2.77. The number of nitrogens with zero attached hydrogens (tertiary/aromatic N) is 1. The predicted octanol–water partition coefficient (Wildman–Crippen LogP) is 3.19. The van der Waals surface area contributed by atoms with E-state index in [2.05, 4.69) is 36.1 Å². The van der Waals surface area contributed by atoms with Crippen LogP contribution in [0.1, 0.15) is 37.3 Å². The maximum atomic E-state index is 11.0. The summed E-state index contributed by atoms with van der Waals surface area (Å²) in [5, 5.41) is 0. The van der Waals surface area contributed by atoms with Crippen LogP contribution >= 0.6 is 0 Å². The van der Waals surface area contributed by atoms with Gasteiger partial charge in [0, 0.05) is 19.5 Å². The zero-order chi connectivity index (χ0) is 13.0. The van der Waals surface area contributed by atoms with Gasteiger partial charge in [0.2, 0.25) is 0 Å². The maximum Gasteiger partial charge on any atom is 0.129 e. The second-order valence-corrected chi connectivity index (χ2v) is 5.62. The van der Waals surface area contributed by atoms with Crippen LogP contribution in [0.2, 0.25) is 0 Å². The fraction of sp³-hybridized carbons (Fsp3) is 0.562.